The van der Waals surface area contributed by atoms with Gasteiger partial charge in [0.05, 0.1) is 11.6 Å². The number of nitrogens with zero attached hydrogens (tertiary/aromatic N) is 3. The number of nitrogens with one attached hydrogen (secondary N) is 2. The van der Waals surface area contributed by atoms with Crippen LogP contribution in [-0.4, -0.2) is 55.4 Å². The molecule has 0 radical (unpaired) electrons. The molecule has 1 aliphatic rings. The summed E-state index contributed by atoms with van der Waals surface area (Å²) in [5, 5.41) is 18.4. The molecule has 2 aromatic rings. The van der Waals surface area contributed by atoms with E-state index in [9.17, 15) is 14.0 Å². The summed E-state index contributed by atoms with van der Waals surface area (Å²) in [5.41, 5.74) is 5.22. The maximum Gasteiger partial charge on any atom is 0.236 e. The van der Waals surface area contributed by atoms with Crippen LogP contribution in [0.5, 0.6) is 0 Å². The molecule has 0 atom stereocenters. The molecule has 0 aromatic heterocycles. The van der Waals surface area contributed by atoms with Crippen molar-refractivity contribution in [2.75, 3.05) is 27.2 Å². The van der Waals surface area contributed by atoms with Gasteiger partial charge >= 0.3 is 0 Å². The van der Waals surface area contributed by atoms with E-state index in [0.29, 0.717) is 32.0 Å². The first-order valence-electron chi connectivity index (χ1n) is 13.1. The smallest absolute Gasteiger partial charge is 0.236 e. The van der Waals surface area contributed by atoms with Gasteiger partial charge in [0.2, 0.25) is 5.91 Å². The van der Waals surface area contributed by atoms with E-state index in [1.165, 1.54) is 17.2 Å². The van der Waals surface area contributed by atoms with Gasteiger partial charge in [-0.1, -0.05) is 39.8 Å². The van der Waals surface area contributed by atoms with Crippen molar-refractivity contribution < 1.29 is 14.0 Å². The van der Waals surface area contributed by atoms with Crippen LogP contribution in [0, 0.1) is 31.0 Å². The van der Waals surface area contributed by atoms with E-state index >= 15 is 0 Å². The molecule has 0 saturated carbocycles. The van der Waals surface area contributed by atoms with Gasteiger partial charge in [0.25, 0.3) is 0 Å². The first-order chi connectivity index (χ1) is 18.0. The number of halogens is 1. The standard InChI is InChI=1S/C12H15FN2O.C9H9N.C6H16N2.C3H6O/c1-3-12(16)14(2)15-7-9-4-5-11(13)6-10(9)8-15;1-7-3-4-9(6-10)5-8(7)2;1-6(2)8-5-4-7-3;1-2-3-4/h4-6H,3,7-8H2,1-2H3;3-5H,1-2H3;6-8H,4-5H2,1-3H3;3H,2H2,1H3. The van der Waals surface area contributed by atoms with Crippen LogP contribution in [0.15, 0.2) is 36.4 Å². The topological polar surface area (TPSA) is 88.5 Å². The Bertz CT molecular complexity index is 1020. The van der Waals surface area contributed by atoms with Gasteiger partial charge in [-0.05, 0) is 67.4 Å². The van der Waals surface area contributed by atoms with E-state index < -0.39 is 0 Å². The number of rotatable bonds is 7. The highest BCUT2D eigenvalue weighted by Crippen LogP contribution is 2.24. The van der Waals surface area contributed by atoms with E-state index in [1.54, 1.807) is 24.2 Å². The number of carbonyl (C=O) groups excluding carboxylic acids is 2. The normalized spacial score (nSPS) is 11.5. The van der Waals surface area contributed by atoms with Crippen molar-refractivity contribution in [1.82, 2.24) is 20.7 Å². The maximum absolute atomic E-state index is 13.0. The van der Waals surface area contributed by atoms with E-state index in [4.69, 9.17) is 5.26 Å². The second kappa shape index (κ2) is 19.9. The monoisotopic (exact) mass is 527 g/mol. The number of nitriles is 1. The molecule has 8 heteroatoms. The average Bonchev–Trinajstić information content (AvgIpc) is 3.33. The predicted octanol–water partition coefficient (Wildman–Crippen LogP) is 4.90. The largest absolute Gasteiger partial charge is 0.318 e. The minimum atomic E-state index is -0.218. The molecule has 0 spiro atoms. The Balaban J connectivity index is 0.000000537. The summed E-state index contributed by atoms with van der Waals surface area (Å²) in [6.07, 6.45) is 2.00. The number of aldehydes is 1. The summed E-state index contributed by atoms with van der Waals surface area (Å²) in [6.45, 7) is 15.4. The van der Waals surface area contributed by atoms with Gasteiger partial charge < -0.3 is 15.4 Å². The Hall–Kier alpha value is -3.12. The molecule has 0 aliphatic carbocycles. The second-order valence-corrected chi connectivity index (χ2v) is 9.20. The predicted molar refractivity (Wildman–Crippen MR) is 153 cm³/mol. The van der Waals surface area contributed by atoms with E-state index in [0.717, 1.165) is 36.1 Å². The van der Waals surface area contributed by atoms with Crippen molar-refractivity contribution in [2.24, 2.45) is 0 Å². The molecule has 0 saturated heterocycles. The van der Waals surface area contributed by atoms with Gasteiger partial charge in [-0.25, -0.2) is 9.40 Å². The molecular formula is C30H46FN5O2. The second-order valence-electron chi connectivity index (χ2n) is 9.20. The van der Waals surface area contributed by atoms with Gasteiger partial charge in [-0.3, -0.25) is 9.80 Å². The summed E-state index contributed by atoms with van der Waals surface area (Å²) in [5.74, 6) is -0.140. The molecular weight excluding hydrogens is 481 g/mol. The zero-order valence-electron chi connectivity index (χ0n) is 24.4. The number of likely N-dealkylation sites (N-methyl/N-ethyl adjacent to an activating group) is 1. The Morgan fingerprint density at radius 3 is 2.24 bits per heavy atom. The minimum absolute atomic E-state index is 0.0771. The number of hydrazine groups is 1. The maximum atomic E-state index is 13.0. The molecule has 1 heterocycles. The molecule has 2 aromatic carbocycles. The van der Waals surface area contributed by atoms with Crippen LogP contribution in [0.2, 0.25) is 0 Å². The van der Waals surface area contributed by atoms with Crippen molar-refractivity contribution in [2.45, 2.75) is 73.5 Å². The number of amides is 1. The highest BCUT2D eigenvalue weighted by Gasteiger charge is 2.24. The lowest BCUT2D eigenvalue weighted by Crippen LogP contribution is -2.39. The summed E-state index contributed by atoms with van der Waals surface area (Å²) < 4.78 is 13.0. The highest BCUT2D eigenvalue weighted by molar-refractivity contribution is 5.75. The van der Waals surface area contributed by atoms with Crippen LogP contribution in [-0.2, 0) is 22.7 Å². The number of benzene rings is 2. The van der Waals surface area contributed by atoms with Gasteiger partial charge in [-0.2, -0.15) is 5.26 Å². The van der Waals surface area contributed by atoms with Crippen LogP contribution in [0.25, 0.3) is 0 Å². The third-order valence-corrected chi connectivity index (χ3v) is 5.69. The van der Waals surface area contributed by atoms with E-state index in [1.807, 2.05) is 58.0 Å². The summed E-state index contributed by atoms with van der Waals surface area (Å²) >= 11 is 0. The lowest BCUT2D eigenvalue weighted by atomic mass is 10.1. The number of aryl methyl sites for hydroxylation is 2. The van der Waals surface area contributed by atoms with E-state index in [-0.39, 0.29) is 11.7 Å². The molecule has 38 heavy (non-hydrogen) atoms. The number of fused-ring (bicyclic) bond motifs is 1. The third-order valence-electron chi connectivity index (χ3n) is 5.69. The van der Waals surface area contributed by atoms with Gasteiger partial charge in [0, 0.05) is 52.1 Å². The SMILES string of the molecule is CCC(=O)N(C)N1Cc2ccc(F)cc2C1.CCC=O.CNCCNC(C)C.Cc1ccc(C#N)cc1C. The fourth-order valence-electron chi connectivity index (χ4n) is 3.24. The van der Waals surface area contributed by atoms with Crippen LogP contribution < -0.4 is 10.6 Å². The van der Waals surface area contributed by atoms with Gasteiger partial charge in [0.1, 0.15) is 12.1 Å². The van der Waals surface area contributed by atoms with E-state index in [2.05, 4.69) is 30.6 Å². The zero-order chi connectivity index (χ0) is 29.1. The zero-order valence-corrected chi connectivity index (χ0v) is 24.4. The van der Waals surface area contributed by atoms with Gasteiger partial charge in [-0.15, -0.1) is 0 Å². The number of carbonyl (C=O) groups is 2. The Kier molecular flexibility index (Phi) is 18.3. The Morgan fingerprint density at radius 2 is 1.74 bits per heavy atom. The van der Waals surface area contributed by atoms with Crippen molar-refractivity contribution in [3.05, 3.63) is 70.0 Å². The van der Waals surface area contributed by atoms with Crippen LogP contribution in [0.1, 0.15) is 68.4 Å². The number of hydrogen-bond donors (Lipinski definition) is 2. The first-order valence-corrected chi connectivity index (χ1v) is 13.1. The molecule has 3 rings (SSSR count). The average molecular weight is 528 g/mol. The Morgan fingerprint density at radius 1 is 1.11 bits per heavy atom. The molecule has 1 amide bonds. The van der Waals surface area contributed by atoms with Crippen LogP contribution in [0.3, 0.4) is 0 Å². The summed E-state index contributed by atoms with van der Waals surface area (Å²) in [6, 6.07) is 13.2. The van der Waals surface area contributed by atoms with Crippen molar-refractivity contribution in [3.8, 4) is 6.07 Å². The fraction of sp³-hybridized carbons (Fsp3) is 0.500. The molecule has 0 unspecified atom stereocenters. The van der Waals surface area contributed by atoms with Crippen molar-refractivity contribution in [3.63, 3.8) is 0 Å². The van der Waals surface area contributed by atoms with Crippen LogP contribution in [0.4, 0.5) is 4.39 Å². The van der Waals surface area contributed by atoms with Gasteiger partial charge in [0.15, 0.2) is 0 Å². The van der Waals surface area contributed by atoms with Crippen molar-refractivity contribution in [1.29, 1.82) is 5.26 Å². The molecule has 2 N–H and O–H groups in total. The van der Waals surface area contributed by atoms with Crippen molar-refractivity contribution >= 4 is 12.2 Å². The summed E-state index contributed by atoms with van der Waals surface area (Å²) in [4.78, 5) is 20.7. The lowest BCUT2D eigenvalue weighted by molar-refractivity contribution is -0.146. The number of hydrogen-bond acceptors (Lipinski definition) is 6. The molecule has 0 bridgehead atoms. The first kappa shape index (κ1) is 34.9. The fourth-order valence-corrected chi connectivity index (χ4v) is 3.24. The highest BCUT2D eigenvalue weighted by atomic mass is 19.1. The molecule has 1 aliphatic heterocycles. The molecule has 0 fully saturated rings. The third kappa shape index (κ3) is 14.0. The summed E-state index contributed by atoms with van der Waals surface area (Å²) in [7, 11) is 3.72. The lowest BCUT2D eigenvalue weighted by Gasteiger charge is -2.27. The van der Waals surface area contributed by atoms with Crippen LogP contribution >= 0.6 is 0 Å². The Labute approximate surface area is 229 Å². The minimum Gasteiger partial charge on any atom is -0.318 e. The molecule has 210 valence electrons. The molecule has 7 nitrogen and oxygen atoms in total. The quantitative estimate of drug-likeness (QED) is 0.393.